The van der Waals surface area contributed by atoms with Crippen molar-refractivity contribution >= 4 is 41.0 Å². The summed E-state index contributed by atoms with van der Waals surface area (Å²) in [5.41, 5.74) is 2.53. The number of fused-ring (bicyclic) bond motifs is 3. The van der Waals surface area contributed by atoms with E-state index in [4.69, 9.17) is 16.6 Å². The van der Waals surface area contributed by atoms with Gasteiger partial charge in [-0.15, -0.1) is 11.8 Å². The van der Waals surface area contributed by atoms with E-state index >= 15 is 0 Å². The molecule has 0 bridgehead atoms. The van der Waals surface area contributed by atoms with Crippen LogP contribution in [0.15, 0.2) is 69.6 Å². The lowest BCUT2D eigenvalue weighted by molar-refractivity contribution is -0.118. The average molecular weight is 498 g/mol. The Morgan fingerprint density at radius 1 is 1.15 bits per heavy atom. The summed E-state index contributed by atoms with van der Waals surface area (Å²) in [5, 5.41) is 5.29. The number of hydrogen-bond donors (Lipinski definition) is 1. The molecule has 170 valence electrons. The second kappa shape index (κ2) is 9.95. The first-order chi connectivity index (χ1) is 16.1. The van der Waals surface area contributed by atoms with E-state index in [2.05, 4.69) is 5.32 Å². The Balaban J connectivity index is 1.43. The molecule has 1 saturated carbocycles. The third-order valence-corrected chi connectivity index (χ3v) is 8.70. The van der Waals surface area contributed by atoms with Gasteiger partial charge < -0.3 is 5.32 Å². The van der Waals surface area contributed by atoms with Crippen LogP contribution in [0.1, 0.15) is 42.7 Å². The third kappa shape index (κ3) is 4.86. The summed E-state index contributed by atoms with van der Waals surface area (Å²) < 4.78 is 1.64. The minimum atomic E-state index is -0.0995. The lowest BCUT2D eigenvalue weighted by atomic mass is 9.85. The van der Waals surface area contributed by atoms with Crippen LogP contribution in [-0.2, 0) is 11.3 Å². The molecule has 5 rings (SSSR count). The van der Waals surface area contributed by atoms with Crippen molar-refractivity contribution in [3.63, 3.8) is 0 Å². The fourth-order valence-electron chi connectivity index (χ4n) is 4.53. The number of rotatable bonds is 6. The number of aromatic nitrogens is 2. The largest absolute Gasteiger partial charge is 0.351 e. The van der Waals surface area contributed by atoms with Crippen molar-refractivity contribution in [2.24, 2.45) is 0 Å². The van der Waals surface area contributed by atoms with Crippen molar-refractivity contribution in [3.05, 3.63) is 81.1 Å². The fourth-order valence-corrected chi connectivity index (χ4v) is 7.12. The van der Waals surface area contributed by atoms with Gasteiger partial charge in [-0.25, -0.2) is 4.98 Å². The molecule has 0 radical (unpaired) electrons. The Kier molecular flexibility index (Phi) is 6.81. The SMILES string of the molecule is O=C(CSc1nc2c(c(=O)n1-c1cccc(Cl)c1)C1CCCCC1S2)NCc1ccccc1. The van der Waals surface area contributed by atoms with Gasteiger partial charge in [-0.1, -0.05) is 72.6 Å². The van der Waals surface area contributed by atoms with Crippen molar-refractivity contribution in [2.75, 3.05) is 5.75 Å². The molecule has 2 heterocycles. The summed E-state index contributed by atoms with van der Waals surface area (Å²) in [4.78, 5) is 31.2. The zero-order valence-electron chi connectivity index (χ0n) is 18.0. The molecule has 1 aliphatic heterocycles. The van der Waals surface area contributed by atoms with E-state index in [1.54, 1.807) is 28.5 Å². The van der Waals surface area contributed by atoms with Gasteiger partial charge in [0.05, 0.1) is 17.0 Å². The third-order valence-electron chi connectivity index (χ3n) is 6.12. The molecule has 2 aliphatic rings. The molecule has 33 heavy (non-hydrogen) atoms. The van der Waals surface area contributed by atoms with Crippen LogP contribution in [0.25, 0.3) is 5.69 Å². The summed E-state index contributed by atoms with van der Waals surface area (Å²) in [6.07, 6.45) is 4.50. The minimum absolute atomic E-state index is 0.0311. The molecular weight excluding hydrogens is 474 g/mol. The Bertz CT molecular complexity index is 1230. The second-order valence-corrected chi connectivity index (χ2v) is 10.9. The number of nitrogens with one attached hydrogen (secondary N) is 1. The highest BCUT2D eigenvalue weighted by molar-refractivity contribution is 8.00. The molecular formula is C25H24ClN3O2S2. The van der Waals surface area contributed by atoms with Gasteiger partial charge in [0.25, 0.3) is 5.56 Å². The van der Waals surface area contributed by atoms with E-state index in [0.29, 0.717) is 27.7 Å². The number of benzene rings is 2. The molecule has 1 fully saturated rings. The van der Waals surface area contributed by atoms with E-state index < -0.39 is 0 Å². The van der Waals surface area contributed by atoms with Crippen molar-refractivity contribution < 1.29 is 4.79 Å². The maximum atomic E-state index is 13.8. The van der Waals surface area contributed by atoms with Crippen molar-refractivity contribution in [1.82, 2.24) is 14.9 Å². The Morgan fingerprint density at radius 2 is 1.97 bits per heavy atom. The zero-order valence-corrected chi connectivity index (χ0v) is 20.4. The van der Waals surface area contributed by atoms with Gasteiger partial charge in [0.2, 0.25) is 5.91 Å². The van der Waals surface area contributed by atoms with Crippen LogP contribution in [0.3, 0.4) is 0 Å². The first-order valence-electron chi connectivity index (χ1n) is 11.1. The normalized spacial score (nSPS) is 19.1. The van der Waals surface area contributed by atoms with Gasteiger partial charge in [-0.05, 0) is 36.6 Å². The molecule has 3 aromatic rings. The fraction of sp³-hybridized carbons (Fsp3) is 0.320. The van der Waals surface area contributed by atoms with Gasteiger partial charge in [0.1, 0.15) is 5.03 Å². The van der Waals surface area contributed by atoms with Crippen LogP contribution in [0.4, 0.5) is 0 Å². The molecule has 5 nitrogen and oxygen atoms in total. The topological polar surface area (TPSA) is 64.0 Å². The highest BCUT2D eigenvalue weighted by Gasteiger charge is 2.39. The molecule has 2 aromatic carbocycles. The quantitative estimate of drug-likeness (QED) is 0.279. The molecule has 8 heteroatoms. The number of carbonyl (C=O) groups excluding carboxylic acids is 1. The Morgan fingerprint density at radius 3 is 2.79 bits per heavy atom. The number of halogens is 1. The summed E-state index contributed by atoms with van der Waals surface area (Å²) in [6, 6.07) is 17.0. The van der Waals surface area contributed by atoms with Crippen LogP contribution < -0.4 is 10.9 Å². The van der Waals surface area contributed by atoms with Gasteiger partial charge >= 0.3 is 0 Å². The lowest BCUT2D eigenvalue weighted by Crippen LogP contribution is -2.29. The van der Waals surface area contributed by atoms with E-state index in [1.807, 2.05) is 42.5 Å². The van der Waals surface area contributed by atoms with Crippen molar-refractivity contribution in [1.29, 1.82) is 0 Å². The van der Waals surface area contributed by atoms with Crippen LogP contribution in [-0.4, -0.2) is 26.5 Å². The summed E-state index contributed by atoms with van der Waals surface area (Å²) in [6.45, 7) is 0.470. The first kappa shape index (κ1) is 22.6. The first-order valence-corrected chi connectivity index (χ1v) is 13.4. The number of amides is 1. The molecule has 2 atom stereocenters. The van der Waals surface area contributed by atoms with Gasteiger partial charge in [-0.3, -0.25) is 14.2 Å². The molecule has 0 spiro atoms. The number of nitrogens with zero attached hydrogens (tertiary/aromatic N) is 2. The predicted octanol–water partition coefficient (Wildman–Crippen LogP) is 5.43. The second-order valence-electron chi connectivity index (χ2n) is 8.33. The highest BCUT2D eigenvalue weighted by Crippen LogP contribution is 2.50. The van der Waals surface area contributed by atoms with Gasteiger partial charge in [0, 0.05) is 22.7 Å². The molecule has 1 amide bonds. The van der Waals surface area contributed by atoms with Crippen LogP contribution >= 0.6 is 35.1 Å². The van der Waals surface area contributed by atoms with Crippen LogP contribution in [0, 0.1) is 0 Å². The van der Waals surface area contributed by atoms with E-state index in [-0.39, 0.29) is 23.1 Å². The van der Waals surface area contributed by atoms with Crippen LogP contribution in [0.5, 0.6) is 0 Å². The van der Waals surface area contributed by atoms with E-state index in [9.17, 15) is 9.59 Å². The Hall–Kier alpha value is -2.22. The molecule has 2 unspecified atom stereocenters. The predicted molar refractivity (Wildman–Crippen MR) is 135 cm³/mol. The van der Waals surface area contributed by atoms with Crippen LogP contribution in [0.2, 0.25) is 5.02 Å². The molecule has 1 N–H and O–H groups in total. The maximum absolute atomic E-state index is 13.8. The molecule has 0 saturated heterocycles. The Labute approximate surface area is 206 Å². The van der Waals surface area contributed by atoms with E-state index in [0.717, 1.165) is 35.4 Å². The molecule has 1 aliphatic carbocycles. The summed E-state index contributed by atoms with van der Waals surface area (Å²) >= 11 is 9.26. The van der Waals surface area contributed by atoms with E-state index in [1.165, 1.54) is 18.2 Å². The van der Waals surface area contributed by atoms with Crippen molar-refractivity contribution in [2.45, 2.75) is 53.6 Å². The minimum Gasteiger partial charge on any atom is -0.351 e. The summed E-state index contributed by atoms with van der Waals surface area (Å²) in [7, 11) is 0. The number of thioether (sulfide) groups is 2. The standard InChI is InChI=1S/C25H24ClN3O2S2/c26-17-9-6-10-18(13-17)29-24(31)22-19-11-4-5-12-20(19)33-23(22)28-25(29)32-15-21(30)27-14-16-7-2-1-3-8-16/h1-3,6-10,13,19-20H,4-5,11-12,14-15H2,(H,27,30). The van der Waals surface area contributed by atoms with Gasteiger partial charge in [-0.2, -0.15) is 0 Å². The monoisotopic (exact) mass is 497 g/mol. The zero-order chi connectivity index (χ0) is 22.8. The number of carbonyl (C=O) groups is 1. The van der Waals surface area contributed by atoms with Crippen molar-refractivity contribution in [3.8, 4) is 5.69 Å². The average Bonchev–Trinajstić information content (AvgIpc) is 3.21. The van der Waals surface area contributed by atoms with Gasteiger partial charge in [0.15, 0.2) is 5.16 Å². The molecule has 1 aromatic heterocycles. The maximum Gasteiger partial charge on any atom is 0.263 e. The number of hydrogen-bond acceptors (Lipinski definition) is 5. The lowest BCUT2D eigenvalue weighted by Gasteiger charge is -2.24. The highest BCUT2D eigenvalue weighted by atomic mass is 35.5. The smallest absolute Gasteiger partial charge is 0.263 e. The summed E-state index contributed by atoms with van der Waals surface area (Å²) in [5.74, 6) is 0.339.